The SMILES string of the molecule is C=C(C)C[C@@H](N)c1ccc(C)c(Cl)c1. The van der Waals surface area contributed by atoms with E-state index in [1.807, 2.05) is 32.0 Å². The van der Waals surface area contributed by atoms with Gasteiger partial charge < -0.3 is 5.73 Å². The summed E-state index contributed by atoms with van der Waals surface area (Å²) >= 11 is 6.02. The smallest absolute Gasteiger partial charge is 0.0438 e. The van der Waals surface area contributed by atoms with Gasteiger partial charge in [-0.25, -0.2) is 0 Å². The Labute approximate surface area is 90.6 Å². The minimum Gasteiger partial charge on any atom is -0.324 e. The summed E-state index contributed by atoms with van der Waals surface area (Å²) in [7, 11) is 0. The van der Waals surface area contributed by atoms with E-state index in [4.69, 9.17) is 17.3 Å². The molecule has 0 fully saturated rings. The fourth-order valence-electron chi connectivity index (χ4n) is 1.33. The van der Waals surface area contributed by atoms with Gasteiger partial charge >= 0.3 is 0 Å². The zero-order valence-corrected chi connectivity index (χ0v) is 9.43. The molecule has 1 nitrogen and oxygen atoms in total. The number of nitrogens with two attached hydrogens (primary N) is 1. The molecule has 0 aromatic heterocycles. The fourth-order valence-corrected chi connectivity index (χ4v) is 1.52. The van der Waals surface area contributed by atoms with Crippen LogP contribution in [0.25, 0.3) is 0 Å². The van der Waals surface area contributed by atoms with Crippen LogP contribution < -0.4 is 5.73 Å². The zero-order valence-electron chi connectivity index (χ0n) is 8.68. The van der Waals surface area contributed by atoms with Crippen molar-refractivity contribution in [2.45, 2.75) is 26.3 Å². The Hall–Kier alpha value is -0.790. The number of rotatable bonds is 3. The molecule has 0 aliphatic heterocycles. The predicted molar refractivity (Wildman–Crippen MR) is 62.5 cm³/mol. The number of benzene rings is 1. The Balaban J connectivity index is 2.85. The van der Waals surface area contributed by atoms with Crippen LogP contribution in [0.3, 0.4) is 0 Å². The molecule has 0 aliphatic rings. The van der Waals surface area contributed by atoms with E-state index in [2.05, 4.69) is 6.58 Å². The third-order valence-electron chi connectivity index (χ3n) is 2.19. The van der Waals surface area contributed by atoms with Crippen LogP contribution >= 0.6 is 11.6 Å². The van der Waals surface area contributed by atoms with Crippen LogP contribution in [0, 0.1) is 6.92 Å². The van der Waals surface area contributed by atoms with Crippen molar-refractivity contribution in [3.8, 4) is 0 Å². The average molecular weight is 210 g/mol. The highest BCUT2D eigenvalue weighted by Gasteiger charge is 2.07. The lowest BCUT2D eigenvalue weighted by Gasteiger charge is -2.12. The van der Waals surface area contributed by atoms with Crippen molar-refractivity contribution >= 4 is 11.6 Å². The molecule has 0 spiro atoms. The van der Waals surface area contributed by atoms with E-state index in [1.165, 1.54) is 0 Å². The van der Waals surface area contributed by atoms with Gasteiger partial charge in [-0.15, -0.1) is 6.58 Å². The standard InChI is InChI=1S/C12H16ClN/c1-8(2)6-12(14)10-5-4-9(3)11(13)7-10/h4-5,7,12H,1,6,14H2,2-3H3/t12-/m1/s1. The van der Waals surface area contributed by atoms with Crippen molar-refractivity contribution < 1.29 is 0 Å². The van der Waals surface area contributed by atoms with E-state index in [-0.39, 0.29) is 6.04 Å². The summed E-state index contributed by atoms with van der Waals surface area (Å²) in [6.45, 7) is 7.81. The molecule has 0 bridgehead atoms. The van der Waals surface area contributed by atoms with Crippen LogP contribution in [0.4, 0.5) is 0 Å². The van der Waals surface area contributed by atoms with E-state index in [9.17, 15) is 0 Å². The predicted octanol–water partition coefficient (Wildman–Crippen LogP) is 3.61. The monoisotopic (exact) mass is 209 g/mol. The molecule has 14 heavy (non-hydrogen) atoms. The summed E-state index contributed by atoms with van der Waals surface area (Å²) in [5, 5.41) is 0.777. The van der Waals surface area contributed by atoms with E-state index in [0.29, 0.717) is 0 Å². The molecule has 0 unspecified atom stereocenters. The highest BCUT2D eigenvalue weighted by atomic mass is 35.5. The lowest BCUT2D eigenvalue weighted by Crippen LogP contribution is -2.10. The van der Waals surface area contributed by atoms with Crippen LogP contribution in [0.1, 0.15) is 30.5 Å². The van der Waals surface area contributed by atoms with Gasteiger partial charge in [0.25, 0.3) is 0 Å². The minimum atomic E-state index is 0.00519. The summed E-state index contributed by atoms with van der Waals surface area (Å²) in [4.78, 5) is 0. The number of halogens is 1. The lowest BCUT2D eigenvalue weighted by molar-refractivity contribution is 0.717. The molecular formula is C12H16ClN. The Morgan fingerprint density at radius 1 is 1.57 bits per heavy atom. The molecule has 2 N–H and O–H groups in total. The summed E-state index contributed by atoms with van der Waals surface area (Å²) in [5.41, 5.74) is 9.24. The molecule has 1 atom stereocenters. The van der Waals surface area contributed by atoms with E-state index in [1.54, 1.807) is 0 Å². The van der Waals surface area contributed by atoms with E-state index < -0.39 is 0 Å². The molecule has 0 heterocycles. The zero-order chi connectivity index (χ0) is 10.7. The van der Waals surface area contributed by atoms with Gasteiger partial charge in [-0.05, 0) is 37.5 Å². The van der Waals surface area contributed by atoms with Crippen LogP contribution in [-0.2, 0) is 0 Å². The van der Waals surface area contributed by atoms with Gasteiger partial charge in [-0.3, -0.25) is 0 Å². The van der Waals surface area contributed by atoms with Crippen molar-refractivity contribution in [3.63, 3.8) is 0 Å². The molecule has 1 rings (SSSR count). The van der Waals surface area contributed by atoms with Crippen LogP contribution in [0.2, 0.25) is 5.02 Å². The van der Waals surface area contributed by atoms with Gasteiger partial charge in [0, 0.05) is 11.1 Å². The quantitative estimate of drug-likeness (QED) is 0.757. The van der Waals surface area contributed by atoms with E-state index in [0.717, 1.165) is 28.1 Å². The molecule has 0 saturated carbocycles. The third-order valence-corrected chi connectivity index (χ3v) is 2.60. The molecule has 1 aromatic rings. The lowest BCUT2D eigenvalue weighted by atomic mass is 10.0. The summed E-state index contributed by atoms with van der Waals surface area (Å²) in [6, 6.07) is 5.96. The van der Waals surface area contributed by atoms with Crippen molar-refractivity contribution in [2.75, 3.05) is 0 Å². The Morgan fingerprint density at radius 3 is 2.71 bits per heavy atom. The second-order valence-electron chi connectivity index (χ2n) is 3.78. The fraction of sp³-hybridized carbons (Fsp3) is 0.333. The van der Waals surface area contributed by atoms with Crippen LogP contribution in [0.15, 0.2) is 30.4 Å². The van der Waals surface area contributed by atoms with Crippen LogP contribution in [-0.4, -0.2) is 0 Å². The number of hydrogen-bond donors (Lipinski definition) is 1. The van der Waals surface area contributed by atoms with Crippen molar-refractivity contribution in [2.24, 2.45) is 5.73 Å². The normalized spacial score (nSPS) is 12.6. The molecule has 76 valence electrons. The number of aryl methyl sites for hydroxylation is 1. The average Bonchev–Trinajstić information content (AvgIpc) is 2.08. The van der Waals surface area contributed by atoms with E-state index >= 15 is 0 Å². The Kier molecular flexibility index (Phi) is 3.73. The van der Waals surface area contributed by atoms with Gasteiger partial charge in [0.15, 0.2) is 0 Å². The highest BCUT2D eigenvalue weighted by Crippen LogP contribution is 2.23. The summed E-state index contributed by atoms with van der Waals surface area (Å²) < 4.78 is 0. The van der Waals surface area contributed by atoms with Crippen molar-refractivity contribution in [3.05, 3.63) is 46.5 Å². The third kappa shape index (κ3) is 2.86. The molecular weight excluding hydrogens is 194 g/mol. The van der Waals surface area contributed by atoms with Crippen molar-refractivity contribution in [1.29, 1.82) is 0 Å². The Bertz CT molecular complexity index is 344. The molecule has 1 aromatic carbocycles. The molecule has 0 amide bonds. The van der Waals surface area contributed by atoms with Crippen molar-refractivity contribution in [1.82, 2.24) is 0 Å². The van der Waals surface area contributed by atoms with Gasteiger partial charge in [0.1, 0.15) is 0 Å². The Morgan fingerprint density at radius 2 is 2.21 bits per heavy atom. The maximum atomic E-state index is 6.02. The molecule has 0 saturated heterocycles. The minimum absolute atomic E-state index is 0.00519. The maximum Gasteiger partial charge on any atom is 0.0438 e. The largest absolute Gasteiger partial charge is 0.324 e. The van der Waals surface area contributed by atoms with Gasteiger partial charge in [0.2, 0.25) is 0 Å². The maximum absolute atomic E-state index is 6.02. The van der Waals surface area contributed by atoms with Crippen LogP contribution in [0.5, 0.6) is 0 Å². The van der Waals surface area contributed by atoms with Gasteiger partial charge in [-0.1, -0.05) is 29.3 Å². The highest BCUT2D eigenvalue weighted by molar-refractivity contribution is 6.31. The first-order valence-electron chi connectivity index (χ1n) is 4.66. The van der Waals surface area contributed by atoms with Gasteiger partial charge in [-0.2, -0.15) is 0 Å². The first-order chi connectivity index (χ1) is 6.50. The number of hydrogen-bond acceptors (Lipinski definition) is 1. The molecule has 0 radical (unpaired) electrons. The first kappa shape index (κ1) is 11.3. The van der Waals surface area contributed by atoms with Gasteiger partial charge in [0.05, 0.1) is 0 Å². The summed E-state index contributed by atoms with van der Waals surface area (Å²) in [5.74, 6) is 0. The summed E-state index contributed by atoms with van der Waals surface area (Å²) in [6.07, 6.45) is 0.805. The topological polar surface area (TPSA) is 26.0 Å². The second-order valence-corrected chi connectivity index (χ2v) is 4.18. The molecule has 0 aliphatic carbocycles. The second kappa shape index (κ2) is 4.63. The first-order valence-corrected chi connectivity index (χ1v) is 5.04. The molecule has 2 heteroatoms.